The molecule has 1 aliphatic rings. The molecule has 0 aromatic rings. The van der Waals surface area contributed by atoms with Crippen molar-refractivity contribution in [2.45, 2.75) is 12.8 Å². The molecule has 5 heteroatoms. The SMILES string of the molecule is NC(=O)NCCNC1=NCCC1. The van der Waals surface area contributed by atoms with Gasteiger partial charge >= 0.3 is 6.03 Å². The molecule has 0 spiro atoms. The zero-order valence-corrected chi connectivity index (χ0v) is 6.97. The van der Waals surface area contributed by atoms with E-state index in [2.05, 4.69) is 15.6 Å². The van der Waals surface area contributed by atoms with Gasteiger partial charge in [-0.1, -0.05) is 0 Å². The van der Waals surface area contributed by atoms with E-state index in [0.717, 1.165) is 25.2 Å². The zero-order chi connectivity index (χ0) is 8.81. The highest BCUT2D eigenvalue weighted by molar-refractivity contribution is 5.83. The minimum absolute atomic E-state index is 0.481. The molecule has 4 N–H and O–H groups in total. The maximum Gasteiger partial charge on any atom is 0.312 e. The van der Waals surface area contributed by atoms with Crippen LogP contribution in [0.15, 0.2) is 4.99 Å². The lowest BCUT2D eigenvalue weighted by molar-refractivity contribution is 0.249. The van der Waals surface area contributed by atoms with E-state index in [9.17, 15) is 4.79 Å². The average Bonchev–Trinajstić information content (AvgIpc) is 2.49. The number of amidine groups is 1. The third kappa shape index (κ3) is 3.23. The molecule has 1 heterocycles. The van der Waals surface area contributed by atoms with Crippen molar-refractivity contribution in [3.05, 3.63) is 0 Å². The summed E-state index contributed by atoms with van der Waals surface area (Å²) in [5, 5.41) is 5.61. The van der Waals surface area contributed by atoms with Crippen LogP contribution in [0.1, 0.15) is 12.8 Å². The van der Waals surface area contributed by atoms with Crippen LogP contribution >= 0.6 is 0 Å². The number of primary amides is 1. The molecule has 0 bridgehead atoms. The molecule has 0 radical (unpaired) electrons. The van der Waals surface area contributed by atoms with Crippen molar-refractivity contribution in [3.8, 4) is 0 Å². The number of urea groups is 1. The van der Waals surface area contributed by atoms with E-state index in [1.165, 1.54) is 0 Å². The molecule has 0 aliphatic carbocycles. The molecule has 0 atom stereocenters. The number of rotatable bonds is 3. The molecular formula is C7H14N4O. The van der Waals surface area contributed by atoms with E-state index in [4.69, 9.17) is 5.73 Å². The fourth-order valence-electron chi connectivity index (χ4n) is 1.08. The van der Waals surface area contributed by atoms with E-state index >= 15 is 0 Å². The summed E-state index contributed by atoms with van der Waals surface area (Å²) in [5.41, 5.74) is 4.88. The molecule has 12 heavy (non-hydrogen) atoms. The highest BCUT2D eigenvalue weighted by Crippen LogP contribution is 1.99. The molecule has 2 amide bonds. The second kappa shape index (κ2) is 4.58. The van der Waals surface area contributed by atoms with Crippen molar-refractivity contribution in [1.82, 2.24) is 10.6 Å². The van der Waals surface area contributed by atoms with Gasteiger partial charge in [-0.3, -0.25) is 4.99 Å². The minimum atomic E-state index is -0.481. The van der Waals surface area contributed by atoms with Crippen LogP contribution in [0.3, 0.4) is 0 Å². The van der Waals surface area contributed by atoms with Gasteiger partial charge in [-0.05, 0) is 6.42 Å². The van der Waals surface area contributed by atoms with Crippen LogP contribution in [0, 0.1) is 0 Å². The van der Waals surface area contributed by atoms with Gasteiger partial charge in [0.15, 0.2) is 0 Å². The highest BCUT2D eigenvalue weighted by Gasteiger charge is 2.03. The maximum atomic E-state index is 10.2. The van der Waals surface area contributed by atoms with Gasteiger partial charge in [0, 0.05) is 26.1 Å². The Morgan fingerprint density at radius 2 is 2.42 bits per heavy atom. The Hall–Kier alpha value is -1.26. The first kappa shape index (κ1) is 8.83. The van der Waals surface area contributed by atoms with Crippen LogP contribution < -0.4 is 16.4 Å². The number of hydrogen-bond donors (Lipinski definition) is 3. The van der Waals surface area contributed by atoms with Crippen molar-refractivity contribution in [1.29, 1.82) is 0 Å². The number of nitrogens with zero attached hydrogens (tertiary/aromatic N) is 1. The molecule has 0 saturated heterocycles. The summed E-state index contributed by atoms with van der Waals surface area (Å²) in [4.78, 5) is 14.5. The molecule has 0 unspecified atom stereocenters. The average molecular weight is 170 g/mol. The van der Waals surface area contributed by atoms with Crippen molar-refractivity contribution in [2.75, 3.05) is 19.6 Å². The van der Waals surface area contributed by atoms with Crippen LogP contribution in [0.25, 0.3) is 0 Å². The van der Waals surface area contributed by atoms with Crippen LogP contribution in [-0.2, 0) is 0 Å². The summed E-state index contributed by atoms with van der Waals surface area (Å²) in [7, 11) is 0. The smallest absolute Gasteiger partial charge is 0.312 e. The molecule has 0 aromatic carbocycles. The second-order valence-electron chi connectivity index (χ2n) is 2.65. The Labute approximate surface area is 71.4 Å². The largest absolute Gasteiger partial charge is 0.372 e. The van der Waals surface area contributed by atoms with E-state index in [-0.39, 0.29) is 0 Å². The number of nitrogens with one attached hydrogen (secondary N) is 2. The molecular weight excluding hydrogens is 156 g/mol. The molecule has 1 aliphatic heterocycles. The van der Waals surface area contributed by atoms with Gasteiger partial charge in [0.1, 0.15) is 0 Å². The molecule has 0 aromatic heterocycles. The molecule has 0 saturated carbocycles. The first-order valence-electron chi connectivity index (χ1n) is 4.09. The van der Waals surface area contributed by atoms with Gasteiger partial charge in [0.05, 0.1) is 5.84 Å². The Morgan fingerprint density at radius 1 is 1.58 bits per heavy atom. The van der Waals surface area contributed by atoms with E-state index < -0.39 is 6.03 Å². The Morgan fingerprint density at radius 3 is 3.00 bits per heavy atom. The van der Waals surface area contributed by atoms with Gasteiger partial charge in [-0.2, -0.15) is 0 Å². The monoisotopic (exact) mass is 170 g/mol. The summed E-state index contributed by atoms with van der Waals surface area (Å²) in [6.45, 7) is 2.17. The lowest BCUT2D eigenvalue weighted by atomic mass is 10.3. The van der Waals surface area contributed by atoms with Crippen LogP contribution in [0.2, 0.25) is 0 Å². The van der Waals surface area contributed by atoms with Gasteiger partial charge in [-0.25, -0.2) is 4.79 Å². The normalized spacial score (nSPS) is 15.5. The Bertz CT molecular complexity index is 190. The fourth-order valence-corrected chi connectivity index (χ4v) is 1.08. The van der Waals surface area contributed by atoms with Gasteiger partial charge in [0.2, 0.25) is 0 Å². The zero-order valence-electron chi connectivity index (χ0n) is 6.97. The third-order valence-corrected chi connectivity index (χ3v) is 1.63. The highest BCUT2D eigenvalue weighted by atomic mass is 16.2. The van der Waals surface area contributed by atoms with Crippen molar-refractivity contribution >= 4 is 11.9 Å². The number of amides is 2. The molecule has 0 fully saturated rings. The molecule has 68 valence electrons. The standard InChI is InChI=1S/C7H14N4O/c8-7(12)11-5-4-10-6-2-1-3-9-6/h1-5H2,(H,9,10)(H3,8,11,12). The van der Waals surface area contributed by atoms with Crippen LogP contribution in [0.5, 0.6) is 0 Å². The van der Waals surface area contributed by atoms with E-state index in [1.54, 1.807) is 0 Å². The number of aliphatic imine (C=N–C) groups is 1. The van der Waals surface area contributed by atoms with Crippen LogP contribution in [0.4, 0.5) is 4.79 Å². The summed E-state index contributed by atoms with van der Waals surface area (Å²) in [6, 6.07) is -0.481. The number of hydrogen-bond acceptors (Lipinski definition) is 3. The lowest BCUT2D eigenvalue weighted by Crippen LogP contribution is -2.36. The van der Waals surface area contributed by atoms with Crippen molar-refractivity contribution in [3.63, 3.8) is 0 Å². The predicted molar refractivity (Wildman–Crippen MR) is 47.1 cm³/mol. The molecule has 1 rings (SSSR count). The predicted octanol–water partition coefficient (Wildman–Crippen LogP) is -0.563. The number of carbonyl (C=O) groups is 1. The maximum absolute atomic E-state index is 10.2. The first-order chi connectivity index (χ1) is 5.79. The topological polar surface area (TPSA) is 79.5 Å². The van der Waals surface area contributed by atoms with Gasteiger partial charge in [0.25, 0.3) is 0 Å². The first-order valence-corrected chi connectivity index (χ1v) is 4.09. The van der Waals surface area contributed by atoms with Gasteiger partial charge in [-0.15, -0.1) is 0 Å². The third-order valence-electron chi connectivity index (χ3n) is 1.63. The molecule has 5 nitrogen and oxygen atoms in total. The summed E-state index contributed by atoms with van der Waals surface area (Å²) >= 11 is 0. The van der Waals surface area contributed by atoms with Crippen molar-refractivity contribution < 1.29 is 4.79 Å². The second-order valence-corrected chi connectivity index (χ2v) is 2.65. The van der Waals surface area contributed by atoms with Crippen molar-refractivity contribution in [2.24, 2.45) is 10.7 Å². The summed E-state index contributed by atoms with van der Waals surface area (Å²) in [6.07, 6.45) is 2.15. The number of carbonyl (C=O) groups excluding carboxylic acids is 1. The minimum Gasteiger partial charge on any atom is -0.372 e. The Kier molecular flexibility index (Phi) is 3.37. The fraction of sp³-hybridized carbons (Fsp3) is 0.714. The van der Waals surface area contributed by atoms with E-state index in [1.807, 2.05) is 0 Å². The summed E-state index contributed by atoms with van der Waals surface area (Å²) < 4.78 is 0. The lowest BCUT2D eigenvalue weighted by Gasteiger charge is -2.04. The Balaban J connectivity index is 1.98. The summed E-state index contributed by atoms with van der Waals surface area (Å²) in [5.74, 6) is 1.04. The quantitative estimate of drug-likeness (QED) is 0.496. The van der Waals surface area contributed by atoms with Crippen LogP contribution in [-0.4, -0.2) is 31.5 Å². The number of nitrogens with two attached hydrogens (primary N) is 1. The van der Waals surface area contributed by atoms with Gasteiger partial charge < -0.3 is 16.4 Å². The van der Waals surface area contributed by atoms with E-state index in [0.29, 0.717) is 13.1 Å².